The van der Waals surface area contributed by atoms with Crippen LogP contribution in [-0.4, -0.2) is 42.2 Å². The highest BCUT2D eigenvalue weighted by molar-refractivity contribution is 5.21. The predicted octanol–water partition coefficient (Wildman–Crippen LogP) is 2.46. The third-order valence-electron chi connectivity index (χ3n) is 4.04. The van der Waals surface area contributed by atoms with E-state index < -0.39 is 17.7 Å². The van der Waals surface area contributed by atoms with Crippen molar-refractivity contribution in [3.05, 3.63) is 35.4 Å². The average molecular weight is 298 g/mol. The number of likely N-dealkylation sites (tertiary alicyclic amines) is 1. The summed E-state index contributed by atoms with van der Waals surface area (Å²) < 4.78 is 26.7. The fourth-order valence-corrected chi connectivity index (χ4v) is 2.84. The Morgan fingerprint density at radius 2 is 2.05 bits per heavy atom. The van der Waals surface area contributed by atoms with E-state index in [4.69, 9.17) is 0 Å². The molecule has 0 saturated carbocycles. The van der Waals surface area contributed by atoms with Gasteiger partial charge in [0.05, 0.1) is 6.10 Å². The third kappa shape index (κ3) is 4.73. The van der Waals surface area contributed by atoms with E-state index in [1.54, 1.807) is 0 Å². The minimum absolute atomic E-state index is 0.0194. The Morgan fingerprint density at radius 1 is 1.33 bits per heavy atom. The van der Waals surface area contributed by atoms with Crippen molar-refractivity contribution in [3.8, 4) is 0 Å². The van der Waals surface area contributed by atoms with E-state index in [1.165, 1.54) is 0 Å². The molecule has 0 aliphatic carbocycles. The number of aliphatic hydroxyl groups excluding tert-OH is 1. The molecule has 1 fully saturated rings. The van der Waals surface area contributed by atoms with Gasteiger partial charge < -0.3 is 15.3 Å². The summed E-state index contributed by atoms with van der Waals surface area (Å²) >= 11 is 0. The van der Waals surface area contributed by atoms with E-state index in [1.807, 2.05) is 0 Å². The summed E-state index contributed by atoms with van der Waals surface area (Å²) in [6.45, 7) is 5.66. The van der Waals surface area contributed by atoms with E-state index in [9.17, 15) is 13.9 Å². The molecule has 5 heteroatoms. The minimum atomic E-state index is -1.02. The molecule has 2 rings (SSSR count). The van der Waals surface area contributed by atoms with Crippen LogP contribution in [0.3, 0.4) is 0 Å². The summed E-state index contributed by atoms with van der Waals surface area (Å²) in [5, 5.41) is 13.3. The first-order valence-corrected chi connectivity index (χ1v) is 7.69. The minimum Gasteiger partial charge on any atom is -0.387 e. The Bertz CT molecular complexity index is 448. The second kappa shape index (κ2) is 7.82. The van der Waals surface area contributed by atoms with Crippen LogP contribution >= 0.6 is 0 Å². The molecule has 0 amide bonds. The number of halogens is 2. The lowest BCUT2D eigenvalue weighted by molar-refractivity contribution is 0.148. The van der Waals surface area contributed by atoms with Crippen molar-refractivity contribution in [2.24, 2.45) is 0 Å². The average Bonchev–Trinajstić information content (AvgIpc) is 2.49. The first-order chi connectivity index (χ1) is 10.1. The standard InChI is InChI=1S/C16H24F2N2O/c1-2-7-20-8-5-13(6-9-20)19-11-16(21)14-10-12(17)3-4-15(14)18/h3-4,10,13,16,19,21H,2,5-9,11H2,1H3. The molecule has 2 N–H and O–H groups in total. The van der Waals surface area contributed by atoms with Crippen LogP contribution in [0.15, 0.2) is 18.2 Å². The Labute approximate surface area is 125 Å². The number of aliphatic hydroxyl groups is 1. The van der Waals surface area contributed by atoms with Crippen molar-refractivity contribution in [3.63, 3.8) is 0 Å². The Kier molecular flexibility index (Phi) is 6.08. The number of hydrogen-bond acceptors (Lipinski definition) is 3. The molecule has 0 radical (unpaired) electrons. The van der Waals surface area contributed by atoms with Crippen LogP contribution in [-0.2, 0) is 0 Å². The smallest absolute Gasteiger partial charge is 0.129 e. The Morgan fingerprint density at radius 3 is 2.71 bits per heavy atom. The zero-order chi connectivity index (χ0) is 15.2. The van der Waals surface area contributed by atoms with Gasteiger partial charge in [0.1, 0.15) is 11.6 Å². The van der Waals surface area contributed by atoms with Crippen LogP contribution in [0.1, 0.15) is 37.9 Å². The highest BCUT2D eigenvalue weighted by Gasteiger charge is 2.20. The molecule has 118 valence electrons. The summed E-state index contributed by atoms with van der Waals surface area (Å²) in [6.07, 6.45) is 2.20. The molecule has 1 unspecified atom stereocenters. The van der Waals surface area contributed by atoms with Crippen molar-refractivity contribution < 1.29 is 13.9 Å². The highest BCUT2D eigenvalue weighted by Crippen LogP contribution is 2.18. The first kappa shape index (κ1) is 16.3. The third-order valence-corrected chi connectivity index (χ3v) is 4.04. The number of nitrogens with zero attached hydrogens (tertiary/aromatic N) is 1. The van der Waals surface area contributed by atoms with Gasteiger partial charge in [-0.05, 0) is 57.1 Å². The van der Waals surface area contributed by atoms with Crippen molar-refractivity contribution in [1.29, 1.82) is 0 Å². The maximum absolute atomic E-state index is 13.6. The summed E-state index contributed by atoms with van der Waals surface area (Å²) in [5.41, 5.74) is 0.0194. The van der Waals surface area contributed by atoms with Gasteiger partial charge in [-0.15, -0.1) is 0 Å². The van der Waals surface area contributed by atoms with E-state index in [0.29, 0.717) is 6.04 Å². The summed E-state index contributed by atoms with van der Waals surface area (Å²) in [6, 6.07) is 3.51. The molecule has 1 aromatic rings. The number of benzene rings is 1. The second-order valence-electron chi connectivity index (χ2n) is 5.71. The van der Waals surface area contributed by atoms with Gasteiger partial charge in [-0.2, -0.15) is 0 Å². The second-order valence-corrected chi connectivity index (χ2v) is 5.71. The zero-order valence-electron chi connectivity index (χ0n) is 12.5. The molecule has 0 bridgehead atoms. The number of nitrogens with one attached hydrogen (secondary N) is 1. The molecule has 0 spiro atoms. The van der Waals surface area contributed by atoms with Gasteiger partial charge >= 0.3 is 0 Å². The molecule has 1 heterocycles. The van der Waals surface area contributed by atoms with Crippen LogP contribution in [0.5, 0.6) is 0 Å². The van der Waals surface area contributed by atoms with Gasteiger partial charge in [0, 0.05) is 18.2 Å². The monoisotopic (exact) mass is 298 g/mol. The van der Waals surface area contributed by atoms with Gasteiger partial charge in [0.25, 0.3) is 0 Å². The van der Waals surface area contributed by atoms with E-state index in [-0.39, 0.29) is 12.1 Å². The van der Waals surface area contributed by atoms with E-state index >= 15 is 0 Å². The number of rotatable bonds is 6. The van der Waals surface area contributed by atoms with Gasteiger partial charge in [-0.25, -0.2) is 8.78 Å². The van der Waals surface area contributed by atoms with E-state index in [2.05, 4.69) is 17.1 Å². The molecular weight excluding hydrogens is 274 g/mol. The van der Waals surface area contributed by atoms with Crippen LogP contribution in [0.2, 0.25) is 0 Å². The first-order valence-electron chi connectivity index (χ1n) is 7.69. The van der Waals surface area contributed by atoms with E-state index in [0.717, 1.165) is 57.1 Å². The molecule has 3 nitrogen and oxygen atoms in total. The summed E-state index contributed by atoms with van der Waals surface area (Å²) in [5.74, 6) is -1.10. The highest BCUT2D eigenvalue weighted by atomic mass is 19.1. The fraction of sp³-hybridized carbons (Fsp3) is 0.625. The van der Waals surface area contributed by atoms with Crippen molar-refractivity contribution >= 4 is 0 Å². The van der Waals surface area contributed by atoms with Crippen LogP contribution in [0, 0.1) is 11.6 Å². The van der Waals surface area contributed by atoms with Crippen LogP contribution < -0.4 is 5.32 Å². The molecule has 1 aliphatic heterocycles. The van der Waals surface area contributed by atoms with Gasteiger partial charge in [0.2, 0.25) is 0 Å². The largest absolute Gasteiger partial charge is 0.387 e. The lowest BCUT2D eigenvalue weighted by Crippen LogP contribution is -2.43. The molecule has 0 aromatic heterocycles. The van der Waals surface area contributed by atoms with Gasteiger partial charge in [-0.3, -0.25) is 0 Å². The Balaban J connectivity index is 1.79. The quantitative estimate of drug-likeness (QED) is 0.847. The molecule has 21 heavy (non-hydrogen) atoms. The SMILES string of the molecule is CCCN1CCC(NCC(O)c2cc(F)ccc2F)CC1. The van der Waals surface area contributed by atoms with Crippen molar-refractivity contribution in [2.75, 3.05) is 26.2 Å². The molecule has 1 aliphatic rings. The maximum atomic E-state index is 13.6. The molecule has 1 aromatic carbocycles. The van der Waals surface area contributed by atoms with Crippen LogP contribution in [0.4, 0.5) is 8.78 Å². The maximum Gasteiger partial charge on any atom is 0.129 e. The van der Waals surface area contributed by atoms with Gasteiger partial charge in [0.15, 0.2) is 0 Å². The number of piperidine rings is 1. The molecular formula is C16H24F2N2O. The summed E-state index contributed by atoms with van der Waals surface area (Å²) in [4.78, 5) is 2.43. The topological polar surface area (TPSA) is 35.5 Å². The predicted molar refractivity (Wildman–Crippen MR) is 79.1 cm³/mol. The zero-order valence-corrected chi connectivity index (χ0v) is 12.5. The lowest BCUT2D eigenvalue weighted by Gasteiger charge is -2.32. The van der Waals surface area contributed by atoms with Crippen molar-refractivity contribution in [2.45, 2.75) is 38.3 Å². The Hall–Kier alpha value is -1.04. The number of hydrogen-bond donors (Lipinski definition) is 2. The molecule has 1 atom stereocenters. The lowest BCUT2D eigenvalue weighted by atomic mass is 10.0. The fourth-order valence-electron chi connectivity index (χ4n) is 2.84. The normalized spacial score (nSPS) is 18.9. The summed E-state index contributed by atoms with van der Waals surface area (Å²) in [7, 11) is 0. The molecule has 1 saturated heterocycles. The van der Waals surface area contributed by atoms with Crippen LogP contribution in [0.25, 0.3) is 0 Å². The van der Waals surface area contributed by atoms with Gasteiger partial charge in [-0.1, -0.05) is 6.92 Å². The van der Waals surface area contributed by atoms with Crippen molar-refractivity contribution in [1.82, 2.24) is 10.2 Å².